The van der Waals surface area contributed by atoms with Crippen molar-refractivity contribution in [3.05, 3.63) is 52.3 Å². The molecule has 1 fully saturated rings. The second kappa shape index (κ2) is 10.3. The number of aryl methyl sites for hydroxylation is 1. The van der Waals surface area contributed by atoms with Gasteiger partial charge in [-0.2, -0.15) is 13.2 Å². The van der Waals surface area contributed by atoms with Gasteiger partial charge in [-0.25, -0.2) is 15.0 Å². The van der Waals surface area contributed by atoms with Crippen LogP contribution < -0.4 is 15.8 Å². The second-order valence-electron chi connectivity index (χ2n) is 8.37. The van der Waals surface area contributed by atoms with Gasteiger partial charge in [-0.3, -0.25) is 9.59 Å². The minimum Gasteiger partial charge on any atom is -0.383 e. The van der Waals surface area contributed by atoms with Crippen LogP contribution in [0.3, 0.4) is 0 Å². The van der Waals surface area contributed by atoms with Crippen molar-refractivity contribution in [1.29, 1.82) is 0 Å². The molecule has 9 nitrogen and oxygen atoms in total. The molecule has 186 valence electrons. The highest BCUT2D eigenvalue weighted by Crippen LogP contribution is 2.28. The monoisotopic (exact) mass is 489 g/mol. The van der Waals surface area contributed by atoms with Crippen LogP contribution in [0.1, 0.15) is 30.7 Å². The average Bonchev–Trinajstić information content (AvgIpc) is 2.83. The van der Waals surface area contributed by atoms with E-state index in [0.717, 1.165) is 24.5 Å². The van der Waals surface area contributed by atoms with Gasteiger partial charge in [0.05, 0.1) is 16.6 Å². The molecule has 1 amide bonds. The molecule has 1 saturated heterocycles. The molecule has 4 rings (SSSR count). The minimum absolute atomic E-state index is 0.0481. The van der Waals surface area contributed by atoms with Gasteiger partial charge in [0.15, 0.2) is 0 Å². The van der Waals surface area contributed by atoms with Crippen molar-refractivity contribution in [3.8, 4) is 0 Å². The fraction of sp³-hybridized carbons (Fsp3) is 0.435. The summed E-state index contributed by atoms with van der Waals surface area (Å²) >= 11 is 0. The second-order valence-corrected chi connectivity index (χ2v) is 8.37. The largest absolute Gasteiger partial charge is 0.419 e. The Morgan fingerprint density at radius 3 is 2.51 bits per heavy atom. The van der Waals surface area contributed by atoms with Gasteiger partial charge in [-0.1, -0.05) is 6.07 Å². The first-order valence-electron chi connectivity index (χ1n) is 11.4. The smallest absolute Gasteiger partial charge is 0.383 e. The van der Waals surface area contributed by atoms with Crippen molar-refractivity contribution >= 4 is 28.4 Å². The summed E-state index contributed by atoms with van der Waals surface area (Å²) < 4.78 is 38.0. The number of amides is 1. The van der Waals surface area contributed by atoms with Crippen molar-refractivity contribution in [2.75, 3.05) is 42.9 Å². The third kappa shape index (κ3) is 5.87. The van der Waals surface area contributed by atoms with E-state index in [1.807, 2.05) is 6.07 Å². The first-order valence-corrected chi connectivity index (χ1v) is 11.4. The molecule has 0 unspecified atom stereocenters. The summed E-state index contributed by atoms with van der Waals surface area (Å²) in [5.74, 6) is 0.829. The van der Waals surface area contributed by atoms with Gasteiger partial charge >= 0.3 is 6.18 Å². The number of H-pyrrole nitrogens is 1. The number of anilines is 2. The molecular weight excluding hydrogens is 463 g/mol. The first kappa shape index (κ1) is 24.4. The predicted octanol–water partition coefficient (Wildman–Crippen LogP) is 2.97. The highest BCUT2D eigenvalue weighted by atomic mass is 19.4. The number of nitrogens with one attached hydrogen (secondary N) is 2. The van der Waals surface area contributed by atoms with E-state index in [-0.39, 0.29) is 17.4 Å². The van der Waals surface area contributed by atoms with Crippen LogP contribution in [0.5, 0.6) is 0 Å². The van der Waals surface area contributed by atoms with Crippen LogP contribution in [0.25, 0.3) is 10.9 Å². The van der Waals surface area contributed by atoms with E-state index in [4.69, 9.17) is 0 Å². The van der Waals surface area contributed by atoms with Crippen LogP contribution in [0.2, 0.25) is 0 Å². The highest BCUT2D eigenvalue weighted by molar-refractivity contribution is 5.89. The maximum atomic E-state index is 12.7. The fourth-order valence-electron chi connectivity index (χ4n) is 3.99. The van der Waals surface area contributed by atoms with Gasteiger partial charge in [-0.15, -0.1) is 0 Å². The number of nitrogens with zero attached hydrogens (tertiary/aromatic N) is 5. The molecule has 2 aromatic heterocycles. The van der Waals surface area contributed by atoms with Crippen LogP contribution in [-0.4, -0.2) is 63.5 Å². The Balaban J connectivity index is 1.20. The van der Waals surface area contributed by atoms with Gasteiger partial charge in [0.1, 0.15) is 11.3 Å². The van der Waals surface area contributed by atoms with E-state index in [9.17, 15) is 22.8 Å². The molecule has 12 heteroatoms. The van der Waals surface area contributed by atoms with E-state index in [0.29, 0.717) is 62.3 Å². The summed E-state index contributed by atoms with van der Waals surface area (Å²) in [5.41, 5.74) is 0.348. The molecule has 0 bridgehead atoms. The number of rotatable bonds is 7. The number of aromatic nitrogens is 4. The summed E-state index contributed by atoms with van der Waals surface area (Å²) in [7, 11) is 0. The molecule has 35 heavy (non-hydrogen) atoms. The van der Waals surface area contributed by atoms with Gasteiger partial charge in [0, 0.05) is 51.5 Å². The Morgan fingerprint density at radius 2 is 1.83 bits per heavy atom. The number of hydrogen-bond donors (Lipinski definition) is 2. The van der Waals surface area contributed by atoms with Crippen LogP contribution >= 0.6 is 0 Å². The molecule has 2 N–H and O–H groups in total. The Labute approximate surface area is 199 Å². The van der Waals surface area contributed by atoms with Crippen molar-refractivity contribution in [2.45, 2.75) is 32.4 Å². The van der Waals surface area contributed by atoms with Crippen LogP contribution in [0.4, 0.5) is 24.8 Å². The molecule has 0 spiro atoms. The van der Waals surface area contributed by atoms with Crippen molar-refractivity contribution in [3.63, 3.8) is 0 Å². The number of piperazine rings is 1. The Kier molecular flexibility index (Phi) is 7.17. The maximum Gasteiger partial charge on any atom is 0.419 e. The van der Waals surface area contributed by atoms with Crippen molar-refractivity contribution in [2.24, 2.45) is 0 Å². The lowest BCUT2D eigenvalue weighted by Gasteiger charge is -2.34. The maximum absolute atomic E-state index is 12.7. The van der Waals surface area contributed by atoms with Crippen LogP contribution in [0.15, 0.2) is 35.4 Å². The molecule has 0 aliphatic carbocycles. The van der Waals surface area contributed by atoms with Gasteiger partial charge < -0.3 is 20.1 Å². The zero-order valence-corrected chi connectivity index (χ0v) is 19.2. The topological polar surface area (TPSA) is 107 Å². The Morgan fingerprint density at radius 1 is 1.11 bits per heavy atom. The van der Waals surface area contributed by atoms with Crippen LogP contribution in [-0.2, 0) is 11.0 Å². The number of hydrogen-bond acceptors (Lipinski definition) is 7. The number of benzene rings is 1. The normalized spacial score (nSPS) is 14.4. The summed E-state index contributed by atoms with van der Waals surface area (Å²) in [6, 6.07) is 5.41. The van der Waals surface area contributed by atoms with Gasteiger partial charge in [0.25, 0.3) is 5.56 Å². The molecule has 0 radical (unpaired) electrons. The lowest BCUT2D eigenvalue weighted by molar-refractivity contribution is -0.138. The number of alkyl halides is 3. The number of halogens is 3. The molecule has 3 aromatic rings. The third-order valence-corrected chi connectivity index (χ3v) is 5.87. The van der Waals surface area contributed by atoms with Gasteiger partial charge in [0.2, 0.25) is 11.9 Å². The number of carbonyl (C=O) groups excluding carboxylic acids is 1. The molecular formula is C23H26F3N7O2. The average molecular weight is 490 g/mol. The zero-order valence-electron chi connectivity index (χ0n) is 19.2. The highest BCUT2D eigenvalue weighted by Gasteiger charge is 2.32. The summed E-state index contributed by atoms with van der Waals surface area (Å²) in [6.45, 7) is 4.24. The van der Waals surface area contributed by atoms with Crippen molar-refractivity contribution < 1.29 is 18.0 Å². The van der Waals surface area contributed by atoms with E-state index >= 15 is 0 Å². The van der Waals surface area contributed by atoms with Gasteiger partial charge in [-0.05, 0) is 31.9 Å². The molecule has 1 aliphatic heterocycles. The summed E-state index contributed by atoms with van der Waals surface area (Å²) in [4.78, 5) is 43.0. The van der Waals surface area contributed by atoms with Crippen molar-refractivity contribution in [1.82, 2.24) is 24.8 Å². The third-order valence-electron chi connectivity index (χ3n) is 5.87. The zero-order chi connectivity index (χ0) is 25.0. The summed E-state index contributed by atoms with van der Waals surface area (Å²) in [6.07, 6.45) is -1.04. The summed E-state index contributed by atoms with van der Waals surface area (Å²) in [5, 5.41) is 3.83. The Hall–Kier alpha value is -3.70. The van der Waals surface area contributed by atoms with E-state index in [2.05, 4.69) is 25.3 Å². The van der Waals surface area contributed by atoms with Crippen LogP contribution in [0, 0.1) is 6.92 Å². The molecule has 0 atom stereocenters. The standard InChI is InChI=1S/C23H26F3N7O2/c1-15-30-20-17(21(35)31-15)5-4-6-18(20)27-8-3-2-7-19(34)32-9-11-33(12-10-32)22-28-13-16(14-29-22)23(24,25)26/h4-6,13-14,27H,2-3,7-12H2,1H3,(H,30,31,35). The molecule has 1 aliphatic rings. The molecule has 3 heterocycles. The van der Waals surface area contributed by atoms with E-state index < -0.39 is 11.7 Å². The molecule has 0 saturated carbocycles. The number of carbonyl (C=O) groups is 1. The fourth-order valence-corrected chi connectivity index (χ4v) is 3.99. The van der Waals surface area contributed by atoms with E-state index in [1.165, 1.54) is 0 Å². The number of unbranched alkanes of at least 4 members (excludes halogenated alkanes) is 1. The molecule has 1 aromatic carbocycles. The van der Waals surface area contributed by atoms with E-state index in [1.54, 1.807) is 28.9 Å². The quantitative estimate of drug-likeness (QED) is 0.492. The predicted molar refractivity (Wildman–Crippen MR) is 125 cm³/mol. The lowest BCUT2D eigenvalue weighted by Crippen LogP contribution is -2.49. The number of para-hydroxylation sites is 1. The SMILES string of the molecule is Cc1nc2c(NCCCCC(=O)N3CCN(c4ncc(C(F)(F)F)cn4)CC3)cccc2c(=O)[nH]1. The first-order chi connectivity index (χ1) is 16.7. The number of fused-ring (bicyclic) bond motifs is 1. The lowest BCUT2D eigenvalue weighted by atomic mass is 10.2. The number of aromatic amines is 1. The Bertz CT molecular complexity index is 1240. The minimum atomic E-state index is -4.47.